The first-order chi connectivity index (χ1) is 3.18. The van der Waals surface area contributed by atoms with Gasteiger partial charge in [0.1, 0.15) is 0 Å². The van der Waals surface area contributed by atoms with E-state index in [9.17, 15) is 0 Å². The second kappa shape index (κ2) is 3.53. The lowest BCUT2D eigenvalue weighted by Gasteiger charge is -2.05. The van der Waals surface area contributed by atoms with Crippen LogP contribution in [-0.2, 0) is 0 Å². The molecule has 1 N–H and O–H groups in total. The highest BCUT2D eigenvalue weighted by Gasteiger charge is 2.07. The van der Waals surface area contributed by atoms with E-state index >= 15 is 0 Å². The van der Waals surface area contributed by atoms with Crippen LogP contribution in [0.4, 0.5) is 0 Å². The average molecular weight is 142 g/mol. The van der Waals surface area contributed by atoms with Crippen LogP contribution in [-0.4, -0.2) is 22.5 Å². The number of hydrogen-bond donors (Lipinski definition) is 1. The third-order valence-electron chi connectivity index (χ3n) is 0.565. The molecule has 0 aliphatic heterocycles. The Morgan fingerprint density at radius 1 is 1.71 bits per heavy atom. The molecular formula is C4H7Cl2O. The molecule has 0 saturated carbocycles. The number of hydrogen-bond acceptors (Lipinski definition) is 1. The molecule has 0 amide bonds. The van der Waals surface area contributed by atoms with E-state index in [1.165, 1.54) is 0 Å². The highest BCUT2D eigenvalue weighted by Crippen LogP contribution is 2.02. The molecule has 7 heavy (non-hydrogen) atoms. The van der Waals surface area contributed by atoms with Crippen LogP contribution in [0.2, 0.25) is 0 Å². The molecule has 0 aromatic carbocycles. The topological polar surface area (TPSA) is 20.2 Å². The van der Waals surface area contributed by atoms with Crippen LogP contribution in [0.1, 0.15) is 0 Å². The van der Waals surface area contributed by atoms with Gasteiger partial charge >= 0.3 is 0 Å². The predicted octanol–water partition coefficient (Wildman–Crippen LogP) is 1.03. The minimum absolute atomic E-state index is 0.242. The number of aliphatic hydroxyl groups is 1. The Labute approximate surface area is 53.2 Å². The minimum atomic E-state index is -0.751. The van der Waals surface area contributed by atoms with Gasteiger partial charge in [-0.2, -0.15) is 0 Å². The van der Waals surface area contributed by atoms with Gasteiger partial charge < -0.3 is 5.11 Å². The van der Waals surface area contributed by atoms with Crippen molar-refractivity contribution in [2.24, 2.45) is 0 Å². The Kier molecular flexibility index (Phi) is 3.80. The van der Waals surface area contributed by atoms with Gasteiger partial charge in [0.05, 0.1) is 11.5 Å². The van der Waals surface area contributed by atoms with Gasteiger partial charge in [0, 0.05) is 5.88 Å². The van der Waals surface area contributed by atoms with Crippen LogP contribution in [0, 0.1) is 6.92 Å². The fourth-order valence-corrected chi connectivity index (χ4v) is 0.309. The highest BCUT2D eigenvalue weighted by molar-refractivity contribution is 6.28. The number of aliphatic hydroxyl groups excluding tert-OH is 1. The van der Waals surface area contributed by atoms with Crippen molar-refractivity contribution in [1.82, 2.24) is 0 Å². The zero-order valence-electron chi connectivity index (χ0n) is 3.77. The van der Waals surface area contributed by atoms with Crippen molar-refractivity contribution in [3.63, 3.8) is 0 Å². The second-order valence-corrected chi connectivity index (χ2v) is 2.11. The van der Waals surface area contributed by atoms with Gasteiger partial charge in [-0.05, 0) is 6.92 Å². The van der Waals surface area contributed by atoms with Crippen LogP contribution in [0.25, 0.3) is 0 Å². The summed E-state index contributed by atoms with van der Waals surface area (Å²) in [5, 5.41) is 8.08. The summed E-state index contributed by atoms with van der Waals surface area (Å²) in [6, 6.07) is 0. The molecule has 0 spiro atoms. The lowest BCUT2D eigenvalue weighted by Crippen LogP contribution is -2.17. The maximum atomic E-state index is 8.49. The molecule has 43 valence electrons. The van der Waals surface area contributed by atoms with E-state index in [-0.39, 0.29) is 5.88 Å². The van der Waals surface area contributed by atoms with Crippen molar-refractivity contribution < 1.29 is 5.11 Å². The normalized spacial score (nSPS) is 18.9. The summed E-state index contributed by atoms with van der Waals surface area (Å²) < 4.78 is 0. The van der Waals surface area contributed by atoms with Gasteiger partial charge in [0.25, 0.3) is 0 Å². The predicted molar refractivity (Wildman–Crippen MR) is 31.7 cm³/mol. The molecule has 0 fully saturated rings. The molecule has 0 aliphatic carbocycles. The van der Waals surface area contributed by atoms with Crippen LogP contribution in [0.5, 0.6) is 0 Å². The largest absolute Gasteiger partial charge is 0.392 e. The van der Waals surface area contributed by atoms with E-state index in [0.29, 0.717) is 0 Å². The fourth-order valence-electron chi connectivity index (χ4n) is 0.103. The monoisotopic (exact) mass is 141 g/mol. The molecule has 0 saturated heterocycles. The Hall–Kier alpha value is 0.540. The quantitative estimate of drug-likeness (QED) is 0.570. The number of rotatable bonds is 2. The summed E-state index contributed by atoms with van der Waals surface area (Å²) in [7, 11) is 0. The second-order valence-electron chi connectivity index (χ2n) is 1.24. The first kappa shape index (κ1) is 7.54. The van der Waals surface area contributed by atoms with Gasteiger partial charge in [-0.3, -0.25) is 0 Å². The van der Waals surface area contributed by atoms with E-state index in [2.05, 4.69) is 6.92 Å². The summed E-state index contributed by atoms with van der Waals surface area (Å²) in [5.41, 5.74) is 0. The number of alkyl halides is 2. The molecule has 0 rings (SSSR count). The van der Waals surface area contributed by atoms with Crippen molar-refractivity contribution in [2.75, 3.05) is 5.88 Å². The maximum Gasteiger partial charge on any atom is 0.0730 e. The molecule has 0 bridgehead atoms. The van der Waals surface area contributed by atoms with Gasteiger partial charge in [-0.1, -0.05) is 0 Å². The lowest BCUT2D eigenvalue weighted by molar-refractivity contribution is 0.221. The molecule has 3 heteroatoms. The number of halogens is 2. The Balaban J connectivity index is 3.14. The lowest BCUT2D eigenvalue weighted by atomic mass is 10.3. The zero-order chi connectivity index (χ0) is 5.86. The Bertz CT molecular complexity index is 47.0. The first-order valence-corrected chi connectivity index (χ1v) is 2.86. The molecule has 0 aromatic heterocycles. The van der Waals surface area contributed by atoms with Crippen LogP contribution in [0.3, 0.4) is 0 Å². The van der Waals surface area contributed by atoms with Gasteiger partial charge in [0.2, 0.25) is 0 Å². The van der Waals surface area contributed by atoms with Gasteiger partial charge in [-0.15, -0.1) is 23.2 Å². The Morgan fingerprint density at radius 2 is 2.14 bits per heavy atom. The van der Waals surface area contributed by atoms with Crippen molar-refractivity contribution in [2.45, 2.75) is 11.5 Å². The fraction of sp³-hybridized carbons (Fsp3) is 0.750. The SMILES string of the molecule is [CH2]C(O)C(Cl)CCl. The smallest absolute Gasteiger partial charge is 0.0730 e. The van der Waals surface area contributed by atoms with Crippen LogP contribution >= 0.6 is 23.2 Å². The van der Waals surface area contributed by atoms with E-state index in [1.807, 2.05) is 0 Å². The Morgan fingerprint density at radius 3 is 2.14 bits per heavy atom. The summed E-state index contributed by atoms with van der Waals surface area (Å²) >= 11 is 10.6. The van der Waals surface area contributed by atoms with Crippen molar-refractivity contribution in [3.05, 3.63) is 6.92 Å². The summed E-state index contributed by atoms with van der Waals surface area (Å²) in [6.45, 7) is 3.25. The molecule has 0 aliphatic rings. The van der Waals surface area contributed by atoms with E-state index in [1.54, 1.807) is 0 Å². The third kappa shape index (κ3) is 3.15. The van der Waals surface area contributed by atoms with Crippen LogP contribution in [0.15, 0.2) is 0 Å². The molecule has 1 nitrogen and oxygen atoms in total. The van der Waals surface area contributed by atoms with Crippen LogP contribution < -0.4 is 0 Å². The van der Waals surface area contributed by atoms with Crippen molar-refractivity contribution in [3.8, 4) is 0 Å². The average Bonchev–Trinajstić information content (AvgIpc) is 1.65. The molecule has 2 atom stereocenters. The molecule has 0 aromatic rings. The molecule has 1 radical (unpaired) electrons. The molecule has 2 unspecified atom stereocenters. The molecule has 0 heterocycles. The van der Waals surface area contributed by atoms with Gasteiger partial charge in [0.15, 0.2) is 0 Å². The standard InChI is InChI=1S/C4H7Cl2O/c1-3(7)4(6)2-5/h3-4,7H,1-2H2. The summed E-state index contributed by atoms with van der Waals surface area (Å²) in [4.78, 5) is 0. The highest BCUT2D eigenvalue weighted by atomic mass is 35.5. The maximum absolute atomic E-state index is 8.49. The van der Waals surface area contributed by atoms with E-state index in [4.69, 9.17) is 28.3 Å². The summed E-state index contributed by atoms with van der Waals surface area (Å²) in [5.74, 6) is 0.242. The summed E-state index contributed by atoms with van der Waals surface area (Å²) in [6.07, 6.45) is -0.751. The van der Waals surface area contributed by atoms with Crippen molar-refractivity contribution >= 4 is 23.2 Å². The van der Waals surface area contributed by atoms with E-state index in [0.717, 1.165) is 0 Å². The molecular weight excluding hydrogens is 135 g/mol. The van der Waals surface area contributed by atoms with Gasteiger partial charge in [-0.25, -0.2) is 0 Å². The minimum Gasteiger partial charge on any atom is -0.392 e. The first-order valence-electron chi connectivity index (χ1n) is 1.89. The van der Waals surface area contributed by atoms with Crippen molar-refractivity contribution in [1.29, 1.82) is 0 Å². The zero-order valence-corrected chi connectivity index (χ0v) is 5.28. The third-order valence-corrected chi connectivity index (χ3v) is 1.50. The van der Waals surface area contributed by atoms with E-state index < -0.39 is 11.5 Å².